The Morgan fingerprint density at radius 3 is 2.35 bits per heavy atom. The summed E-state index contributed by atoms with van der Waals surface area (Å²) in [6.07, 6.45) is 1.20. The highest BCUT2D eigenvalue weighted by Crippen LogP contribution is 2.25. The molecule has 3 nitrogen and oxygen atoms in total. The maximum Gasteiger partial charge on any atom is 0.175 e. The normalized spacial score (nSPS) is 13.2. The van der Waals surface area contributed by atoms with Crippen LogP contribution in [-0.4, -0.2) is 14.7 Å². The molecule has 0 fully saturated rings. The van der Waals surface area contributed by atoms with E-state index < -0.39 is 9.84 Å². The minimum absolute atomic E-state index is 0.301. The molecule has 0 saturated heterocycles. The quantitative estimate of drug-likeness (QED) is 0.945. The van der Waals surface area contributed by atoms with Crippen molar-refractivity contribution in [1.82, 2.24) is 0 Å². The molecule has 106 valence electrons. The molecule has 0 aromatic heterocycles. The van der Waals surface area contributed by atoms with Crippen molar-refractivity contribution in [3.63, 3.8) is 0 Å². The first kappa shape index (κ1) is 14.8. The summed E-state index contributed by atoms with van der Waals surface area (Å²) in [5.41, 5.74) is 10.4. The zero-order valence-electron chi connectivity index (χ0n) is 11.9. The summed E-state index contributed by atoms with van der Waals surface area (Å²) in [4.78, 5) is 0.301. The molecule has 1 atom stereocenters. The Kier molecular flexibility index (Phi) is 3.97. The third kappa shape index (κ3) is 3.08. The molecule has 2 rings (SSSR count). The van der Waals surface area contributed by atoms with E-state index in [1.165, 1.54) is 11.8 Å². The predicted molar refractivity (Wildman–Crippen MR) is 81.5 cm³/mol. The second-order valence-electron chi connectivity index (χ2n) is 5.18. The lowest BCUT2D eigenvalue weighted by molar-refractivity contribution is 0.601. The minimum Gasteiger partial charge on any atom is -0.320 e. The lowest BCUT2D eigenvalue weighted by atomic mass is 9.95. The van der Waals surface area contributed by atoms with Crippen LogP contribution in [0.1, 0.15) is 28.3 Å². The zero-order chi connectivity index (χ0) is 14.9. The molecule has 0 aliphatic carbocycles. The number of rotatable bonds is 3. The minimum atomic E-state index is -3.21. The monoisotopic (exact) mass is 289 g/mol. The molecule has 20 heavy (non-hydrogen) atoms. The second-order valence-corrected chi connectivity index (χ2v) is 7.20. The summed E-state index contributed by atoms with van der Waals surface area (Å²) in [7, 11) is -3.21. The van der Waals surface area contributed by atoms with E-state index in [9.17, 15) is 8.42 Å². The standard InChI is InChI=1S/C16H19NO2S/c1-11-7-8-15(12(2)9-11)16(17)13-5-4-6-14(10-13)20(3,18)19/h4-10,16H,17H2,1-3H3/t16-/m1/s1. The lowest BCUT2D eigenvalue weighted by Gasteiger charge is -2.16. The molecule has 0 saturated carbocycles. The fraction of sp³-hybridized carbons (Fsp3) is 0.250. The molecule has 0 radical (unpaired) electrons. The number of aryl methyl sites for hydroxylation is 2. The van der Waals surface area contributed by atoms with Gasteiger partial charge in [-0.3, -0.25) is 0 Å². The first-order chi connectivity index (χ1) is 9.29. The van der Waals surface area contributed by atoms with E-state index in [4.69, 9.17) is 5.73 Å². The summed E-state index contributed by atoms with van der Waals surface area (Å²) in [5, 5.41) is 0. The van der Waals surface area contributed by atoms with E-state index in [0.29, 0.717) is 4.90 Å². The van der Waals surface area contributed by atoms with Gasteiger partial charge in [0.1, 0.15) is 0 Å². The topological polar surface area (TPSA) is 60.2 Å². The Bertz CT molecular complexity index is 736. The van der Waals surface area contributed by atoms with E-state index >= 15 is 0 Å². The molecular formula is C16H19NO2S. The molecule has 0 aliphatic heterocycles. The Balaban J connectivity index is 2.46. The van der Waals surface area contributed by atoms with E-state index in [-0.39, 0.29) is 6.04 Å². The van der Waals surface area contributed by atoms with Gasteiger partial charge in [-0.15, -0.1) is 0 Å². The number of hydrogen-bond donors (Lipinski definition) is 1. The van der Waals surface area contributed by atoms with Gasteiger partial charge in [0.05, 0.1) is 10.9 Å². The highest BCUT2D eigenvalue weighted by molar-refractivity contribution is 7.90. The summed E-state index contributed by atoms with van der Waals surface area (Å²) >= 11 is 0. The Morgan fingerprint density at radius 2 is 1.75 bits per heavy atom. The molecule has 2 N–H and O–H groups in total. The highest BCUT2D eigenvalue weighted by Gasteiger charge is 2.14. The van der Waals surface area contributed by atoms with Crippen LogP contribution in [0.15, 0.2) is 47.4 Å². The van der Waals surface area contributed by atoms with Crippen LogP contribution >= 0.6 is 0 Å². The fourth-order valence-corrected chi connectivity index (χ4v) is 2.97. The van der Waals surface area contributed by atoms with Crippen LogP contribution in [0.25, 0.3) is 0 Å². The third-order valence-corrected chi connectivity index (χ3v) is 4.52. The van der Waals surface area contributed by atoms with Gasteiger partial charge >= 0.3 is 0 Å². The van der Waals surface area contributed by atoms with Crippen molar-refractivity contribution >= 4 is 9.84 Å². The lowest BCUT2D eigenvalue weighted by Crippen LogP contribution is -2.14. The number of sulfone groups is 1. The van der Waals surface area contributed by atoms with E-state index in [1.54, 1.807) is 18.2 Å². The van der Waals surface area contributed by atoms with Crippen LogP contribution in [0.5, 0.6) is 0 Å². The fourth-order valence-electron chi connectivity index (χ4n) is 2.29. The average Bonchev–Trinajstić information content (AvgIpc) is 2.37. The van der Waals surface area contributed by atoms with Gasteiger partial charge in [0.25, 0.3) is 0 Å². The van der Waals surface area contributed by atoms with Crippen LogP contribution < -0.4 is 5.73 Å². The molecule has 4 heteroatoms. The SMILES string of the molecule is Cc1ccc([C@H](N)c2cccc(S(C)(=O)=O)c2)c(C)c1. The largest absolute Gasteiger partial charge is 0.320 e. The molecular weight excluding hydrogens is 270 g/mol. The highest BCUT2D eigenvalue weighted by atomic mass is 32.2. The van der Waals surface area contributed by atoms with Crippen molar-refractivity contribution in [1.29, 1.82) is 0 Å². The van der Waals surface area contributed by atoms with Crippen LogP contribution in [0.2, 0.25) is 0 Å². The molecule has 0 unspecified atom stereocenters. The third-order valence-electron chi connectivity index (χ3n) is 3.41. The van der Waals surface area contributed by atoms with Crippen molar-refractivity contribution in [2.75, 3.05) is 6.26 Å². The molecule has 2 aromatic carbocycles. The summed E-state index contributed by atoms with van der Waals surface area (Å²) < 4.78 is 23.2. The second kappa shape index (κ2) is 5.38. The van der Waals surface area contributed by atoms with Crippen LogP contribution in [0.4, 0.5) is 0 Å². The van der Waals surface area contributed by atoms with Crippen LogP contribution in [-0.2, 0) is 9.84 Å². The van der Waals surface area contributed by atoms with Gasteiger partial charge in [-0.2, -0.15) is 0 Å². The van der Waals surface area contributed by atoms with Crippen molar-refractivity contribution in [2.45, 2.75) is 24.8 Å². The van der Waals surface area contributed by atoms with E-state index in [1.807, 2.05) is 32.0 Å². The van der Waals surface area contributed by atoms with Gasteiger partial charge in [0.15, 0.2) is 9.84 Å². The van der Waals surface area contributed by atoms with Gasteiger partial charge < -0.3 is 5.73 Å². The summed E-state index contributed by atoms with van der Waals surface area (Å²) in [6, 6.07) is 12.6. The van der Waals surface area contributed by atoms with Crippen molar-refractivity contribution in [3.05, 3.63) is 64.7 Å². The smallest absolute Gasteiger partial charge is 0.175 e. The van der Waals surface area contributed by atoms with Gasteiger partial charge in [-0.1, -0.05) is 35.9 Å². The number of nitrogens with two attached hydrogens (primary N) is 1. The molecule has 0 aliphatic rings. The molecule has 0 heterocycles. The summed E-state index contributed by atoms with van der Waals surface area (Å²) in [6.45, 7) is 4.05. The molecule has 0 spiro atoms. The van der Waals surface area contributed by atoms with Crippen molar-refractivity contribution in [3.8, 4) is 0 Å². The Hall–Kier alpha value is -1.65. The van der Waals surface area contributed by atoms with Gasteiger partial charge in [-0.05, 0) is 42.7 Å². The Labute approximate surface area is 120 Å². The Morgan fingerprint density at radius 1 is 1.05 bits per heavy atom. The van der Waals surface area contributed by atoms with E-state index in [0.717, 1.165) is 16.7 Å². The maximum atomic E-state index is 11.6. The van der Waals surface area contributed by atoms with Crippen molar-refractivity contribution in [2.24, 2.45) is 5.73 Å². The predicted octanol–water partition coefficient (Wildman–Crippen LogP) is 2.76. The van der Waals surface area contributed by atoms with Gasteiger partial charge in [0, 0.05) is 6.26 Å². The zero-order valence-corrected chi connectivity index (χ0v) is 12.7. The van der Waals surface area contributed by atoms with Crippen LogP contribution in [0.3, 0.4) is 0 Å². The number of hydrogen-bond acceptors (Lipinski definition) is 3. The van der Waals surface area contributed by atoms with Crippen molar-refractivity contribution < 1.29 is 8.42 Å². The first-order valence-corrected chi connectivity index (χ1v) is 8.31. The number of benzene rings is 2. The molecule has 2 aromatic rings. The molecule has 0 amide bonds. The maximum absolute atomic E-state index is 11.6. The average molecular weight is 289 g/mol. The van der Waals surface area contributed by atoms with Crippen LogP contribution in [0, 0.1) is 13.8 Å². The summed E-state index contributed by atoms with van der Waals surface area (Å²) in [5.74, 6) is 0. The van der Waals surface area contributed by atoms with E-state index in [2.05, 4.69) is 6.07 Å². The van der Waals surface area contributed by atoms with Gasteiger partial charge in [-0.25, -0.2) is 8.42 Å². The molecule has 0 bridgehead atoms. The van der Waals surface area contributed by atoms with Gasteiger partial charge in [0.2, 0.25) is 0 Å². The first-order valence-electron chi connectivity index (χ1n) is 6.42.